The first kappa shape index (κ1) is 14.1. The van der Waals surface area contributed by atoms with Crippen molar-refractivity contribution >= 4 is 50.4 Å². The van der Waals surface area contributed by atoms with Gasteiger partial charge in [-0.05, 0) is 24.3 Å². The number of fused-ring (bicyclic) bond motifs is 4. The third-order valence-corrected chi connectivity index (χ3v) is 4.28. The lowest BCUT2D eigenvalue weighted by Crippen LogP contribution is -1.95. The Kier molecular flexibility index (Phi) is 3.05. The molecule has 0 saturated carbocycles. The molecule has 0 spiro atoms. The molecule has 25 heavy (non-hydrogen) atoms. The van der Waals surface area contributed by atoms with Gasteiger partial charge in [-0.1, -0.05) is 17.7 Å². The van der Waals surface area contributed by atoms with Gasteiger partial charge in [0, 0.05) is 40.9 Å². The third kappa shape index (κ3) is 2.27. The fraction of sp³-hybridized carbons (Fsp3) is 0. The second kappa shape index (κ2) is 5.39. The maximum atomic E-state index is 6.12. The Labute approximate surface area is 147 Å². The van der Waals surface area contributed by atoms with Crippen molar-refractivity contribution in [2.75, 3.05) is 5.32 Å². The lowest BCUT2D eigenvalue weighted by Gasteiger charge is -2.10. The van der Waals surface area contributed by atoms with E-state index in [4.69, 9.17) is 16.6 Å². The van der Waals surface area contributed by atoms with E-state index < -0.39 is 0 Å². The first-order valence-electron chi connectivity index (χ1n) is 7.68. The minimum atomic E-state index is 0.664. The van der Waals surface area contributed by atoms with Crippen LogP contribution in [0.4, 0.5) is 11.4 Å². The fourth-order valence-electron chi connectivity index (χ4n) is 2.93. The van der Waals surface area contributed by atoms with Gasteiger partial charge in [-0.3, -0.25) is 9.97 Å². The predicted molar refractivity (Wildman–Crippen MR) is 98.3 cm³/mol. The minimum absolute atomic E-state index is 0.664. The van der Waals surface area contributed by atoms with Gasteiger partial charge in [0.25, 0.3) is 0 Å². The number of pyridine rings is 2. The molecule has 6 nitrogen and oxygen atoms in total. The van der Waals surface area contributed by atoms with Crippen LogP contribution in [0, 0.1) is 0 Å². The van der Waals surface area contributed by atoms with Gasteiger partial charge >= 0.3 is 0 Å². The number of rotatable bonds is 2. The molecule has 120 valence electrons. The minimum Gasteiger partial charge on any atom is -0.353 e. The molecule has 5 rings (SSSR count). The van der Waals surface area contributed by atoms with Crippen molar-refractivity contribution in [1.82, 2.24) is 24.6 Å². The van der Waals surface area contributed by atoms with Crippen molar-refractivity contribution in [1.29, 1.82) is 0 Å². The van der Waals surface area contributed by atoms with E-state index in [1.165, 1.54) is 0 Å². The SMILES string of the molecule is Clc1cccc(Nc2c3cnccc3nc3c2nn2ccncc32)c1. The van der Waals surface area contributed by atoms with Gasteiger partial charge in [0.05, 0.1) is 17.4 Å². The lowest BCUT2D eigenvalue weighted by atomic mass is 10.2. The molecular formula is C18H11ClN6. The smallest absolute Gasteiger partial charge is 0.136 e. The van der Waals surface area contributed by atoms with Gasteiger partial charge in [-0.15, -0.1) is 0 Å². The van der Waals surface area contributed by atoms with Gasteiger partial charge in [0.15, 0.2) is 0 Å². The molecule has 5 aromatic rings. The number of hydrogen-bond acceptors (Lipinski definition) is 5. The number of hydrogen-bond donors (Lipinski definition) is 1. The molecule has 0 unspecified atom stereocenters. The van der Waals surface area contributed by atoms with Gasteiger partial charge in [0.1, 0.15) is 16.6 Å². The molecule has 0 fully saturated rings. The molecular weight excluding hydrogens is 336 g/mol. The number of nitrogens with one attached hydrogen (secondary N) is 1. The van der Waals surface area contributed by atoms with E-state index in [0.717, 1.165) is 38.8 Å². The second-order valence-corrected chi connectivity index (χ2v) is 6.05. The summed E-state index contributed by atoms with van der Waals surface area (Å²) in [7, 11) is 0. The van der Waals surface area contributed by atoms with Crippen molar-refractivity contribution < 1.29 is 0 Å². The summed E-state index contributed by atoms with van der Waals surface area (Å²) in [6.45, 7) is 0. The Morgan fingerprint density at radius 1 is 1.00 bits per heavy atom. The highest BCUT2D eigenvalue weighted by Gasteiger charge is 2.15. The van der Waals surface area contributed by atoms with Crippen molar-refractivity contribution in [2.24, 2.45) is 0 Å². The van der Waals surface area contributed by atoms with Gasteiger partial charge in [-0.2, -0.15) is 5.10 Å². The first-order valence-corrected chi connectivity index (χ1v) is 8.06. The lowest BCUT2D eigenvalue weighted by molar-refractivity contribution is 0.964. The van der Waals surface area contributed by atoms with Crippen LogP contribution in [-0.4, -0.2) is 24.6 Å². The third-order valence-electron chi connectivity index (χ3n) is 4.04. The van der Waals surface area contributed by atoms with Gasteiger partial charge in [-0.25, -0.2) is 9.50 Å². The van der Waals surface area contributed by atoms with E-state index in [9.17, 15) is 0 Å². The van der Waals surface area contributed by atoms with E-state index in [1.54, 1.807) is 29.3 Å². The highest BCUT2D eigenvalue weighted by molar-refractivity contribution is 6.30. The summed E-state index contributed by atoms with van der Waals surface area (Å²) in [4.78, 5) is 13.2. The van der Waals surface area contributed by atoms with Crippen LogP contribution in [0.1, 0.15) is 0 Å². The van der Waals surface area contributed by atoms with Crippen LogP contribution >= 0.6 is 11.6 Å². The highest BCUT2D eigenvalue weighted by atomic mass is 35.5. The monoisotopic (exact) mass is 346 g/mol. The average molecular weight is 347 g/mol. The average Bonchev–Trinajstić information content (AvgIpc) is 3.00. The van der Waals surface area contributed by atoms with E-state index in [-0.39, 0.29) is 0 Å². The van der Waals surface area contributed by atoms with Crippen molar-refractivity contribution in [3.05, 3.63) is 66.3 Å². The Bertz CT molecular complexity index is 1250. The normalized spacial score (nSPS) is 11.4. The predicted octanol–water partition coefficient (Wildman–Crippen LogP) is 4.22. The Morgan fingerprint density at radius 3 is 2.84 bits per heavy atom. The summed E-state index contributed by atoms with van der Waals surface area (Å²) in [6.07, 6.45) is 8.79. The number of anilines is 2. The standard InChI is InChI=1S/C18H11ClN6/c19-11-2-1-3-12(8-11)22-16-13-9-20-5-4-14(13)23-17-15-10-21-6-7-25(15)24-18(16)17/h1-10,22H. The summed E-state index contributed by atoms with van der Waals surface area (Å²) in [5, 5.41) is 9.66. The van der Waals surface area contributed by atoms with Crippen LogP contribution in [-0.2, 0) is 0 Å². The number of aromatic nitrogens is 5. The quantitative estimate of drug-likeness (QED) is 0.518. The Morgan fingerprint density at radius 2 is 1.92 bits per heavy atom. The molecule has 1 N–H and O–H groups in total. The first-order chi connectivity index (χ1) is 12.3. The molecule has 0 radical (unpaired) electrons. The summed E-state index contributed by atoms with van der Waals surface area (Å²) >= 11 is 6.12. The molecule has 0 atom stereocenters. The van der Waals surface area contributed by atoms with Crippen molar-refractivity contribution in [3.8, 4) is 0 Å². The number of halogens is 1. The maximum absolute atomic E-state index is 6.12. The summed E-state index contributed by atoms with van der Waals surface area (Å²) in [5.41, 5.74) is 4.96. The van der Waals surface area contributed by atoms with Crippen LogP contribution < -0.4 is 5.32 Å². The topological polar surface area (TPSA) is 68.0 Å². The molecule has 4 heterocycles. The largest absolute Gasteiger partial charge is 0.353 e. The van der Waals surface area contributed by atoms with Crippen LogP contribution in [0.2, 0.25) is 5.02 Å². The summed E-state index contributed by atoms with van der Waals surface area (Å²) in [5.74, 6) is 0. The molecule has 7 heteroatoms. The summed E-state index contributed by atoms with van der Waals surface area (Å²) in [6, 6.07) is 9.45. The molecule has 4 aromatic heterocycles. The summed E-state index contributed by atoms with van der Waals surface area (Å²) < 4.78 is 1.78. The van der Waals surface area contributed by atoms with Crippen molar-refractivity contribution in [3.63, 3.8) is 0 Å². The van der Waals surface area contributed by atoms with E-state index in [2.05, 4.69) is 20.4 Å². The maximum Gasteiger partial charge on any atom is 0.136 e. The van der Waals surface area contributed by atoms with Crippen LogP contribution in [0.25, 0.3) is 27.5 Å². The fourth-order valence-corrected chi connectivity index (χ4v) is 3.12. The zero-order valence-electron chi connectivity index (χ0n) is 12.9. The van der Waals surface area contributed by atoms with Gasteiger partial charge < -0.3 is 5.32 Å². The number of benzene rings is 1. The van der Waals surface area contributed by atoms with E-state index in [1.807, 2.05) is 36.5 Å². The van der Waals surface area contributed by atoms with Crippen LogP contribution in [0.3, 0.4) is 0 Å². The van der Waals surface area contributed by atoms with Crippen molar-refractivity contribution in [2.45, 2.75) is 0 Å². The molecule has 1 aromatic carbocycles. The van der Waals surface area contributed by atoms with Gasteiger partial charge in [0.2, 0.25) is 0 Å². The van der Waals surface area contributed by atoms with Crippen LogP contribution in [0.15, 0.2) is 61.3 Å². The molecule has 0 aliphatic heterocycles. The second-order valence-electron chi connectivity index (χ2n) is 5.62. The molecule has 0 aliphatic carbocycles. The molecule has 0 amide bonds. The Balaban J connectivity index is 1.86. The zero-order valence-corrected chi connectivity index (χ0v) is 13.6. The Hall–Kier alpha value is -3.25. The zero-order chi connectivity index (χ0) is 16.8. The number of nitrogens with zero attached hydrogens (tertiary/aromatic N) is 5. The molecule has 0 bridgehead atoms. The molecule has 0 saturated heterocycles. The highest BCUT2D eigenvalue weighted by Crippen LogP contribution is 2.33. The van der Waals surface area contributed by atoms with Crippen LogP contribution in [0.5, 0.6) is 0 Å². The molecule has 0 aliphatic rings. The van der Waals surface area contributed by atoms with E-state index >= 15 is 0 Å². The van der Waals surface area contributed by atoms with E-state index in [0.29, 0.717) is 5.02 Å².